The minimum absolute atomic E-state index is 0.160. The molecule has 3 aliphatic heterocycles. The van der Waals surface area contributed by atoms with E-state index in [1.165, 1.54) is 12.8 Å². The molecule has 0 bridgehead atoms. The molecular weight excluding hydrogens is 362 g/mol. The highest BCUT2D eigenvalue weighted by Crippen LogP contribution is 2.31. The van der Waals surface area contributed by atoms with Gasteiger partial charge in [-0.1, -0.05) is 20.3 Å². The highest BCUT2D eigenvalue weighted by Gasteiger charge is 2.38. The van der Waals surface area contributed by atoms with E-state index in [-0.39, 0.29) is 5.92 Å². The molecule has 4 rings (SSSR count). The first kappa shape index (κ1) is 19.3. The molecule has 7 nitrogen and oxygen atoms in total. The lowest BCUT2D eigenvalue weighted by Gasteiger charge is -2.39. The van der Waals surface area contributed by atoms with Crippen molar-refractivity contribution in [3.63, 3.8) is 0 Å². The summed E-state index contributed by atoms with van der Waals surface area (Å²) >= 11 is 0. The van der Waals surface area contributed by atoms with E-state index in [1.807, 2.05) is 0 Å². The third kappa shape index (κ3) is 3.93. The standard InChI is InChI=1S/C19H33N5O2S/c1-15-11-16(2)13-23(12-15)27(25,26)22-9-6-7-17(14-22)19-21-20-18-8-4-3-5-10-24(18)19/h15-17H,3-14H2,1-2H3/t15-,16+,17-/m0/s1. The molecule has 1 aromatic rings. The quantitative estimate of drug-likeness (QED) is 0.788. The summed E-state index contributed by atoms with van der Waals surface area (Å²) in [7, 11) is -3.39. The number of piperidine rings is 2. The Morgan fingerprint density at radius 2 is 1.67 bits per heavy atom. The van der Waals surface area contributed by atoms with Crippen LogP contribution in [0.2, 0.25) is 0 Å². The first-order chi connectivity index (χ1) is 12.9. The van der Waals surface area contributed by atoms with E-state index in [4.69, 9.17) is 0 Å². The lowest BCUT2D eigenvalue weighted by atomic mass is 9.94. The highest BCUT2D eigenvalue weighted by molar-refractivity contribution is 7.86. The Morgan fingerprint density at radius 3 is 2.44 bits per heavy atom. The zero-order valence-corrected chi connectivity index (χ0v) is 17.5. The summed E-state index contributed by atoms with van der Waals surface area (Å²) in [6.45, 7) is 7.74. The SMILES string of the molecule is C[C@@H]1C[C@H](C)CN(S(=O)(=O)N2CCC[C@H](c3nnc4n3CCCCC4)C2)C1. The van der Waals surface area contributed by atoms with Crippen LogP contribution >= 0.6 is 0 Å². The Labute approximate surface area is 163 Å². The van der Waals surface area contributed by atoms with Gasteiger partial charge < -0.3 is 4.57 Å². The zero-order chi connectivity index (χ0) is 19.0. The Morgan fingerprint density at radius 1 is 0.889 bits per heavy atom. The molecule has 0 spiro atoms. The number of nitrogens with zero attached hydrogens (tertiary/aromatic N) is 5. The van der Waals surface area contributed by atoms with Gasteiger partial charge in [-0.15, -0.1) is 10.2 Å². The van der Waals surface area contributed by atoms with Crippen molar-refractivity contribution in [2.45, 2.75) is 71.3 Å². The van der Waals surface area contributed by atoms with Gasteiger partial charge in [0.15, 0.2) is 0 Å². The van der Waals surface area contributed by atoms with Gasteiger partial charge in [0, 0.05) is 45.1 Å². The van der Waals surface area contributed by atoms with E-state index in [0.717, 1.165) is 50.3 Å². The molecule has 4 heterocycles. The van der Waals surface area contributed by atoms with Crippen molar-refractivity contribution in [1.82, 2.24) is 23.4 Å². The van der Waals surface area contributed by atoms with Gasteiger partial charge >= 0.3 is 0 Å². The first-order valence-corrected chi connectivity index (χ1v) is 12.0. The Bertz CT molecular complexity index is 752. The largest absolute Gasteiger partial charge is 0.315 e. The topological polar surface area (TPSA) is 71.3 Å². The van der Waals surface area contributed by atoms with Crippen molar-refractivity contribution in [3.8, 4) is 0 Å². The summed E-state index contributed by atoms with van der Waals surface area (Å²) in [6, 6.07) is 0. The van der Waals surface area contributed by atoms with Gasteiger partial charge in [-0.05, 0) is 43.9 Å². The maximum atomic E-state index is 13.3. The fourth-order valence-electron chi connectivity index (χ4n) is 5.13. The normalized spacial score (nSPS) is 31.4. The van der Waals surface area contributed by atoms with Crippen LogP contribution in [0, 0.1) is 11.8 Å². The maximum Gasteiger partial charge on any atom is 0.282 e. The van der Waals surface area contributed by atoms with Crippen molar-refractivity contribution in [1.29, 1.82) is 0 Å². The van der Waals surface area contributed by atoms with Crippen LogP contribution in [0.25, 0.3) is 0 Å². The average Bonchev–Trinajstić information content (AvgIpc) is 2.89. The van der Waals surface area contributed by atoms with Crippen LogP contribution in [0.4, 0.5) is 0 Å². The van der Waals surface area contributed by atoms with Gasteiger partial charge in [0.25, 0.3) is 10.2 Å². The third-order valence-corrected chi connectivity index (χ3v) is 8.31. The summed E-state index contributed by atoms with van der Waals surface area (Å²) in [5.41, 5.74) is 0. The number of rotatable bonds is 3. The molecule has 0 radical (unpaired) electrons. The average molecular weight is 396 g/mol. The van der Waals surface area contributed by atoms with E-state index in [9.17, 15) is 8.42 Å². The minimum Gasteiger partial charge on any atom is -0.315 e. The Kier molecular flexibility index (Phi) is 5.58. The van der Waals surface area contributed by atoms with Gasteiger partial charge in [-0.3, -0.25) is 0 Å². The molecule has 0 amide bonds. The second-order valence-electron chi connectivity index (χ2n) is 8.90. The van der Waals surface area contributed by atoms with Crippen molar-refractivity contribution in [2.75, 3.05) is 26.2 Å². The number of hydrogen-bond acceptors (Lipinski definition) is 4. The van der Waals surface area contributed by atoms with Crippen molar-refractivity contribution < 1.29 is 8.42 Å². The minimum atomic E-state index is -3.39. The number of aryl methyl sites for hydroxylation is 1. The van der Waals surface area contributed by atoms with Crippen LogP contribution in [0.5, 0.6) is 0 Å². The second kappa shape index (κ2) is 7.79. The fraction of sp³-hybridized carbons (Fsp3) is 0.895. The van der Waals surface area contributed by atoms with Gasteiger partial charge in [0.05, 0.1) is 0 Å². The monoisotopic (exact) mass is 395 g/mol. The molecule has 8 heteroatoms. The first-order valence-electron chi connectivity index (χ1n) is 10.6. The van der Waals surface area contributed by atoms with Crippen molar-refractivity contribution in [2.24, 2.45) is 11.8 Å². The maximum absolute atomic E-state index is 13.3. The van der Waals surface area contributed by atoms with Crippen LogP contribution < -0.4 is 0 Å². The zero-order valence-electron chi connectivity index (χ0n) is 16.7. The predicted molar refractivity (Wildman–Crippen MR) is 105 cm³/mol. The molecule has 152 valence electrons. The summed E-state index contributed by atoms with van der Waals surface area (Å²) in [6.07, 6.45) is 7.57. The Balaban J connectivity index is 1.52. The Hall–Kier alpha value is -0.990. The van der Waals surface area contributed by atoms with E-state index in [0.29, 0.717) is 38.0 Å². The molecular formula is C19H33N5O2S. The predicted octanol–water partition coefficient (Wildman–Crippen LogP) is 2.41. The van der Waals surface area contributed by atoms with E-state index >= 15 is 0 Å². The van der Waals surface area contributed by atoms with Crippen LogP contribution in [-0.2, 0) is 23.2 Å². The molecule has 1 aromatic heterocycles. The van der Waals surface area contributed by atoms with Crippen molar-refractivity contribution >= 4 is 10.2 Å². The molecule has 0 aromatic carbocycles. The fourth-order valence-corrected chi connectivity index (χ4v) is 7.07. The number of fused-ring (bicyclic) bond motifs is 1. The van der Waals surface area contributed by atoms with Crippen LogP contribution in [0.1, 0.15) is 69.9 Å². The summed E-state index contributed by atoms with van der Waals surface area (Å²) in [4.78, 5) is 0. The second-order valence-corrected chi connectivity index (χ2v) is 10.8. The molecule has 0 unspecified atom stereocenters. The van der Waals surface area contributed by atoms with Gasteiger partial charge in [-0.25, -0.2) is 0 Å². The molecule has 2 saturated heterocycles. The van der Waals surface area contributed by atoms with E-state index in [2.05, 4.69) is 28.6 Å². The van der Waals surface area contributed by atoms with E-state index in [1.54, 1.807) is 8.61 Å². The van der Waals surface area contributed by atoms with Gasteiger partial charge in [0.2, 0.25) is 0 Å². The van der Waals surface area contributed by atoms with Crippen LogP contribution in [-0.4, -0.2) is 58.0 Å². The van der Waals surface area contributed by atoms with Crippen LogP contribution in [0.3, 0.4) is 0 Å². The number of aromatic nitrogens is 3. The lowest BCUT2D eigenvalue weighted by molar-refractivity contribution is 0.200. The molecule has 27 heavy (non-hydrogen) atoms. The molecule has 0 N–H and O–H groups in total. The molecule has 0 aliphatic carbocycles. The summed E-state index contributed by atoms with van der Waals surface area (Å²) < 4.78 is 32.3. The summed E-state index contributed by atoms with van der Waals surface area (Å²) in [5.74, 6) is 3.11. The summed E-state index contributed by atoms with van der Waals surface area (Å²) in [5, 5.41) is 8.92. The van der Waals surface area contributed by atoms with Crippen LogP contribution in [0.15, 0.2) is 0 Å². The van der Waals surface area contributed by atoms with Gasteiger partial charge in [-0.2, -0.15) is 17.0 Å². The third-order valence-electron chi connectivity index (χ3n) is 6.38. The molecule has 3 aliphatic rings. The molecule has 3 atom stereocenters. The smallest absolute Gasteiger partial charge is 0.282 e. The molecule has 2 fully saturated rings. The lowest BCUT2D eigenvalue weighted by Crippen LogP contribution is -2.51. The number of hydrogen-bond donors (Lipinski definition) is 0. The van der Waals surface area contributed by atoms with Gasteiger partial charge in [0.1, 0.15) is 11.6 Å². The van der Waals surface area contributed by atoms with E-state index < -0.39 is 10.2 Å². The molecule has 0 saturated carbocycles. The highest BCUT2D eigenvalue weighted by atomic mass is 32.2. The van der Waals surface area contributed by atoms with Crippen molar-refractivity contribution in [3.05, 3.63) is 11.6 Å².